The molecule has 4 rings (SSSR count). The van der Waals surface area contributed by atoms with Crippen molar-refractivity contribution in [2.75, 3.05) is 0 Å². The third kappa shape index (κ3) is 4.44. The molecule has 12 heteroatoms. The number of nitrogens with one attached hydrogen (secondary N) is 1. The van der Waals surface area contributed by atoms with E-state index in [2.05, 4.69) is 24.9 Å². The van der Waals surface area contributed by atoms with Crippen molar-refractivity contribution in [1.82, 2.24) is 38.8 Å². The quantitative estimate of drug-likeness (QED) is 0.601. The van der Waals surface area contributed by atoms with Gasteiger partial charge in [-0.2, -0.15) is 5.10 Å². The van der Waals surface area contributed by atoms with Crippen molar-refractivity contribution in [1.29, 1.82) is 0 Å². The monoisotopic (exact) mass is 446 g/mol. The number of aromatic nitrogens is 7. The van der Waals surface area contributed by atoms with Gasteiger partial charge in [-0.25, -0.2) is 32.5 Å². The van der Waals surface area contributed by atoms with Crippen LogP contribution in [0.5, 0.6) is 0 Å². The van der Waals surface area contributed by atoms with Crippen molar-refractivity contribution >= 4 is 10.0 Å². The molecule has 11 nitrogen and oxygen atoms in total. The van der Waals surface area contributed by atoms with Gasteiger partial charge in [-0.05, 0) is 31.7 Å². The highest BCUT2D eigenvalue weighted by molar-refractivity contribution is 7.89. The van der Waals surface area contributed by atoms with Crippen LogP contribution in [0.4, 0.5) is 0 Å². The summed E-state index contributed by atoms with van der Waals surface area (Å²) in [4.78, 5) is 20.6. The minimum absolute atomic E-state index is 0.0410. The molecule has 0 unspecified atom stereocenters. The maximum Gasteiger partial charge on any atom is 0.267 e. The van der Waals surface area contributed by atoms with Crippen LogP contribution in [0.1, 0.15) is 57.3 Å². The standard InChI is InChI=1S/C19H26N8O3S/c1-13(2)19-22-17(10-25(19)3)31(29,30)24-14-4-6-15(7-5-14)27-18(28)9-8-16(23-27)26-12-20-11-21-26/h8-15,24H,4-7H2,1-3H3. The average molecular weight is 447 g/mol. The Balaban J connectivity index is 1.44. The van der Waals surface area contributed by atoms with Crippen LogP contribution in [0.3, 0.4) is 0 Å². The first-order valence-electron chi connectivity index (χ1n) is 10.2. The third-order valence-electron chi connectivity index (χ3n) is 5.51. The Labute approximate surface area is 180 Å². The number of imidazole rings is 1. The zero-order valence-corrected chi connectivity index (χ0v) is 18.5. The lowest BCUT2D eigenvalue weighted by Crippen LogP contribution is -2.39. The number of aryl methyl sites for hydroxylation is 1. The van der Waals surface area contributed by atoms with Gasteiger partial charge in [0.2, 0.25) is 0 Å². The van der Waals surface area contributed by atoms with E-state index in [9.17, 15) is 13.2 Å². The average Bonchev–Trinajstić information content (AvgIpc) is 3.39. The van der Waals surface area contributed by atoms with Gasteiger partial charge in [0, 0.05) is 31.3 Å². The summed E-state index contributed by atoms with van der Waals surface area (Å²) >= 11 is 0. The number of nitrogens with zero attached hydrogens (tertiary/aromatic N) is 7. The maximum atomic E-state index is 12.8. The summed E-state index contributed by atoms with van der Waals surface area (Å²) < 4.78 is 33.1. The van der Waals surface area contributed by atoms with E-state index in [0.717, 1.165) is 5.82 Å². The SMILES string of the molecule is CC(C)c1nc(S(=O)(=O)NC2CCC(n3nc(-n4cncn4)ccc3=O)CC2)cn1C. The second-order valence-corrected chi connectivity index (χ2v) is 9.80. The summed E-state index contributed by atoms with van der Waals surface area (Å²) in [6.07, 6.45) is 6.96. The van der Waals surface area contributed by atoms with Crippen molar-refractivity contribution in [3.05, 3.63) is 47.2 Å². The van der Waals surface area contributed by atoms with Crippen LogP contribution in [0.2, 0.25) is 0 Å². The molecule has 0 saturated heterocycles. The Bertz CT molecular complexity index is 1210. The Morgan fingerprint density at radius 3 is 2.52 bits per heavy atom. The van der Waals surface area contributed by atoms with Gasteiger partial charge in [0.25, 0.3) is 15.6 Å². The third-order valence-corrected chi connectivity index (χ3v) is 6.90. The van der Waals surface area contributed by atoms with Crippen LogP contribution < -0.4 is 10.3 Å². The highest BCUT2D eigenvalue weighted by Crippen LogP contribution is 2.28. The number of hydrogen-bond donors (Lipinski definition) is 1. The van der Waals surface area contributed by atoms with Gasteiger partial charge < -0.3 is 4.57 Å². The van der Waals surface area contributed by atoms with E-state index in [1.54, 1.807) is 23.9 Å². The largest absolute Gasteiger partial charge is 0.336 e. The van der Waals surface area contributed by atoms with Gasteiger partial charge in [0.15, 0.2) is 10.8 Å². The highest BCUT2D eigenvalue weighted by Gasteiger charge is 2.29. The molecule has 0 spiro atoms. The van der Waals surface area contributed by atoms with Crippen molar-refractivity contribution in [2.24, 2.45) is 7.05 Å². The van der Waals surface area contributed by atoms with Crippen LogP contribution >= 0.6 is 0 Å². The molecule has 1 N–H and O–H groups in total. The van der Waals surface area contributed by atoms with Gasteiger partial charge in [-0.3, -0.25) is 4.79 Å². The molecule has 1 saturated carbocycles. The van der Waals surface area contributed by atoms with Gasteiger partial charge in [-0.1, -0.05) is 13.8 Å². The predicted octanol–water partition coefficient (Wildman–Crippen LogP) is 1.14. The van der Waals surface area contributed by atoms with E-state index >= 15 is 0 Å². The van der Waals surface area contributed by atoms with E-state index in [-0.39, 0.29) is 28.6 Å². The summed E-state index contributed by atoms with van der Waals surface area (Å²) in [6, 6.07) is 2.76. The molecule has 0 radical (unpaired) electrons. The fourth-order valence-electron chi connectivity index (χ4n) is 3.96. The van der Waals surface area contributed by atoms with Crippen molar-refractivity contribution in [3.8, 4) is 5.82 Å². The second kappa shape index (κ2) is 8.35. The minimum Gasteiger partial charge on any atom is -0.336 e. The Kier molecular flexibility index (Phi) is 5.75. The van der Waals surface area contributed by atoms with Crippen LogP contribution in [-0.4, -0.2) is 48.6 Å². The van der Waals surface area contributed by atoms with E-state index in [4.69, 9.17) is 0 Å². The van der Waals surface area contributed by atoms with E-state index < -0.39 is 10.0 Å². The van der Waals surface area contributed by atoms with Gasteiger partial charge in [0.05, 0.1) is 6.04 Å². The molecule has 3 aromatic rings. The lowest BCUT2D eigenvalue weighted by Gasteiger charge is -2.29. The van der Waals surface area contributed by atoms with Crippen LogP contribution in [0, 0.1) is 0 Å². The lowest BCUT2D eigenvalue weighted by molar-refractivity contribution is 0.284. The molecular formula is C19H26N8O3S. The molecule has 1 fully saturated rings. The first-order chi connectivity index (χ1) is 14.7. The topological polar surface area (TPSA) is 130 Å². The van der Waals surface area contributed by atoms with Crippen LogP contribution in [-0.2, 0) is 17.1 Å². The fourth-order valence-corrected chi connectivity index (χ4v) is 5.27. The van der Waals surface area contributed by atoms with Crippen LogP contribution in [0.25, 0.3) is 5.82 Å². The minimum atomic E-state index is -3.71. The fraction of sp³-hybridized carbons (Fsp3) is 0.526. The zero-order valence-electron chi connectivity index (χ0n) is 17.7. The van der Waals surface area contributed by atoms with E-state index in [1.807, 2.05) is 13.8 Å². The van der Waals surface area contributed by atoms with Gasteiger partial charge in [0.1, 0.15) is 18.5 Å². The maximum absolute atomic E-state index is 12.8. The molecule has 0 amide bonds. The van der Waals surface area contributed by atoms with Gasteiger partial charge >= 0.3 is 0 Å². The zero-order chi connectivity index (χ0) is 22.2. The van der Waals surface area contributed by atoms with Crippen molar-refractivity contribution < 1.29 is 8.42 Å². The van der Waals surface area contributed by atoms with E-state index in [0.29, 0.717) is 31.5 Å². The molecule has 3 heterocycles. The first kappa shape index (κ1) is 21.4. The normalized spacial score (nSPS) is 19.7. The summed E-state index contributed by atoms with van der Waals surface area (Å²) in [5.41, 5.74) is -0.192. The summed E-state index contributed by atoms with van der Waals surface area (Å²) in [5.74, 6) is 1.36. The summed E-state index contributed by atoms with van der Waals surface area (Å²) in [7, 11) is -1.91. The lowest BCUT2D eigenvalue weighted by atomic mass is 9.92. The Morgan fingerprint density at radius 1 is 1.16 bits per heavy atom. The van der Waals surface area contributed by atoms with E-state index in [1.165, 1.54) is 28.1 Å². The highest BCUT2D eigenvalue weighted by atomic mass is 32.2. The molecule has 1 aliphatic rings. The predicted molar refractivity (Wildman–Crippen MR) is 112 cm³/mol. The molecule has 0 aromatic carbocycles. The Morgan fingerprint density at radius 2 is 1.90 bits per heavy atom. The molecule has 31 heavy (non-hydrogen) atoms. The van der Waals surface area contributed by atoms with Crippen molar-refractivity contribution in [2.45, 2.75) is 62.6 Å². The number of rotatable bonds is 6. The number of sulfonamides is 1. The van der Waals surface area contributed by atoms with Crippen molar-refractivity contribution in [3.63, 3.8) is 0 Å². The Hall–Kier alpha value is -2.86. The smallest absolute Gasteiger partial charge is 0.267 e. The summed E-state index contributed by atoms with van der Waals surface area (Å²) in [5, 5.41) is 8.51. The first-order valence-corrected chi connectivity index (χ1v) is 11.7. The molecule has 0 atom stereocenters. The second-order valence-electron chi connectivity index (χ2n) is 8.14. The number of hydrogen-bond acceptors (Lipinski definition) is 7. The molecular weight excluding hydrogens is 420 g/mol. The summed E-state index contributed by atoms with van der Waals surface area (Å²) in [6.45, 7) is 3.95. The van der Waals surface area contributed by atoms with Gasteiger partial charge in [-0.15, -0.1) is 5.10 Å². The van der Waals surface area contributed by atoms with Crippen LogP contribution in [0.15, 0.2) is 40.8 Å². The molecule has 0 aliphatic heterocycles. The molecule has 3 aromatic heterocycles. The molecule has 0 bridgehead atoms. The molecule has 1 aliphatic carbocycles. The molecule has 166 valence electrons.